The normalized spacial score (nSPS) is 28.1. The first-order valence-corrected chi connectivity index (χ1v) is 8.29. The summed E-state index contributed by atoms with van der Waals surface area (Å²) in [5.41, 5.74) is 6.93. The van der Waals surface area contributed by atoms with Crippen LogP contribution >= 0.6 is 0 Å². The van der Waals surface area contributed by atoms with Crippen LogP contribution in [0.15, 0.2) is 0 Å². The van der Waals surface area contributed by atoms with E-state index in [0.717, 1.165) is 18.5 Å². The third kappa shape index (κ3) is 3.52. The van der Waals surface area contributed by atoms with Gasteiger partial charge < -0.3 is 5.73 Å². The summed E-state index contributed by atoms with van der Waals surface area (Å²) >= 11 is 0. The van der Waals surface area contributed by atoms with E-state index in [1.54, 1.807) is 0 Å². The van der Waals surface area contributed by atoms with Gasteiger partial charge in [0.05, 0.1) is 0 Å². The lowest BCUT2D eigenvalue weighted by Gasteiger charge is -2.49. The molecule has 0 aromatic heterocycles. The average Bonchev–Trinajstić information content (AvgIpc) is 2.33. The van der Waals surface area contributed by atoms with Gasteiger partial charge in [0.1, 0.15) is 0 Å². The first-order chi connectivity index (χ1) is 8.86. The number of hydrogen-bond donors (Lipinski definition) is 1. The molecule has 2 fully saturated rings. The van der Waals surface area contributed by atoms with E-state index < -0.39 is 0 Å². The second kappa shape index (κ2) is 5.73. The van der Waals surface area contributed by atoms with E-state index in [4.69, 9.17) is 5.73 Å². The van der Waals surface area contributed by atoms with Crippen molar-refractivity contribution in [3.63, 3.8) is 0 Å². The number of nitrogens with two attached hydrogens (primary N) is 1. The van der Waals surface area contributed by atoms with E-state index in [1.165, 1.54) is 51.4 Å². The maximum absolute atomic E-state index is 6.15. The Morgan fingerprint density at radius 2 is 1.74 bits per heavy atom. The second-order valence-corrected chi connectivity index (χ2v) is 8.21. The maximum atomic E-state index is 6.15. The van der Waals surface area contributed by atoms with Crippen LogP contribution in [0.1, 0.15) is 72.1 Å². The Labute approximate surface area is 120 Å². The summed E-state index contributed by atoms with van der Waals surface area (Å²) in [6.45, 7) is 8.03. The predicted molar refractivity (Wildman–Crippen MR) is 83.2 cm³/mol. The molecule has 2 aliphatic carbocycles. The van der Waals surface area contributed by atoms with Crippen LogP contribution in [0.25, 0.3) is 0 Å². The fraction of sp³-hybridized carbons (Fsp3) is 1.00. The van der Waals surface area contributed by atoms with Gasteiger partial charge >= 0.3 is 0 Å². The van der Waals surface area contributed by atoms with Crippen LogP contribution in [0.3, 0.4) is 0 Å². The Kier molecular flexibility index (Phi) is 4.62. The van der Waals surface area contributed by atoms with Gasteiger partial charge in [0, 0.05) is 18.1 Å². The van der Waals surface area contributed by atoms with Crippen molar-refractivity contribution in [3.8, 4) is 0 Å². The van der Waals surface area contributed by atoms with Gasteiger partial charge in [-0.2, -0.15) is 0 Å². The molecule has 0 heterocycles. The van der Waals surface area contributed by atoms with Gasteiger partial charge in [-0.25, -0.2) is 0 Å². The van der Waals surface area contributed by atoms with Crippen molar-refractivity contribution >= 4 is 0 Å². The third-order valence-corrected chi connectivity index (χ3v) is 6.10. The molecule has 2 aliphatic rings. The highest BCUT2D eigenvalue weighted by molar-refractivity contribution is 4.94. The zero-order valence-corrected chi connectivity index (χ0v) is 13.5. The Balaban J connectivity index is 1.93. The van der Waals surface area contributed by atoms with Crippen molar-refractivity contribution in [3.05, 3.63) is 0 Å². The lowest BCUT2D eigenvalue weighted by molar-refractivity contribution is 0.0232. The highest BCUT2D eigenvalue weighted by Gasteiger charge is 2.38. The highest BCUT2D eigenvalue weighted by atomic mass is 15.2. The summed E-state index contributed by atoms with van der Waals surface area (Å²) in [4.78, 5) is 2.64. The zero-order valence-electron chi connectivity index (χ0n) is 13.5. The highest BCUT2D eigenvalue weighted by Crippen LogP contribution is 2.41. The van der Waals surface area contributed by atoms with Crippen LogP contribution in [0.5, 0.6) is 0 Å². The van der Waals surface area contributed by atoms with E-state index in [0.29, 0.717) is 5.41 Å². The molecule has 2 heteroatoms. The molecular formula is C17H34N2. The van der Waals surface area contributed by atoms with Gasteiger partial charge in [-0.05, 0) is 57.4 Å². The number of rotatable bonds is 5. The Morgan fingerprint density at radius 3 is 2.16 bits per heavy atom. The molecule has 0 bridgehead atoms. The summed E-state index contributed by atoms with van der Waals surface area (Å²) in [6, 6.07) is 0.752. The van der Waals surface area contributed by atoms with Crippen LogP contribution in [-0.4, -0.2) is 30.1 Å². The molecule has 0 radical (unpaired) electrons. The van der Waals surface area contributed by atoms with Crippen molar-refractivity contribution in [2.24, 2.45) is 17.1 Å². The number of nitrogens with zero attached hydrogens (tertiary/aromatic N) is 1. The van der Waals surface area contributed by atoms with E-state index in [-0.39, 0.29) is 5.54 Å². The summed E-state index contributed by atoms with van der Waals surface area (Å²) in [6.07, 6.45) is 11.0. The van der Waals surface area contributed by atoms with E-state index >= 15 is 0 Å². The van der Waals surface area contributed by atoms with Crippen LogP contribution in [0, 0.1) is 11.3 Å². The molecule has 0 aromatic carbocycles. The topological polar surface area (TPSA) is 29.3 Å². The van der Waals surface area contributed by atoms with Crippen molar-refractivity contribution in [2.75, 3.05) is 13.6 Å². The lowest BCUT2D eigenvalue weighted by Crippen LogP contribution is -2.56. The molecule has 112 valence electrons. The molecule has 2 saturated carbocycles. The van der Waals surface area contributed by atoms with E-state index in [1.807, 2.05) is 0 Å². The van der Waals surface area contributed by atoms with Gasteiger partial charge in [0.25, 0.3) is 0 Å². The predicted octanol–water partition coefficient (Wildman–Crippen LogP) is 3.79. The molecule has 2 rings (SSSR count). The fourth-order valence-corrected chi connectivity index (χ4v) is 3.90. The van der Waals surface area contributed by atoms with Crippen LogP contribution in [0.2, 0.25) is 0 Å². The molecule has 2 N–H and O–H groups in total. The average molecular weight is 266 g/mol. The number of likely N-dealkylation sites (N-methyl/N-ethyl adjacent to an activating group) is 1. The summed E-state index contributed by atoms with van der Waals surface area (Å²) in [5.74, 6) is 0.941. The molecule has 2 nitrogen and oxygen atoms in total. The maximum Gasteiger partial charge on any atom is 0.0306 e. The molecule has 1 unspecified atom stereocenters. The minimum Gasteiger partial charge on any atom is -0.329 e. The molecular weight excluding hydrogens is 232 g/mol. The van der Waals surface area contributed by atoms with Crippen LogP contribution < -0.4 is 5.73 Å². The minimum atomic E-state index is 0.219. The molecule has 0 aliphatic heterocycles. The van der Waals surface area contributed by atoms with Gasteiger partial charge in [-0.15, -0.1) is 0 Å². The third-order valence-electron chi connectivity index (χ3n) is 6.10. The van der Waals surface area contributed by atoms with Gasteiger partial charge in [0.2, 0.25) is 0 Å². The molecule has 0 spiro atoms. The van der Waals surface area contributed by atoms with E-state index in [2.05, 4.69) is 32.7 Å². The van der Waals surface area contributed by atoms with Gasteiger partial charge in [0.15, 0.2) is 0 Å². The van der Waals surface area contributed by atoms with Crippen LogP contribution in [0.4, 0.5) is 0 Å². The number of hydrogen-bond acceptors (Lipinski definition) is 2. The molecule has 0 aromatic rings. The lowest BCUT2D eigenvalue weighted by atomic mass is 9.72. The van der Waals surface area contributed by atoms with Crippen molar-refractivity contribution in [1.82, 2.24) is 4.90 Å². The monoisotopic (exact) mass is 266 g/mol. The molecule has 0 saturated heterocycles. The van der Waals surface area contributed by atoms with Gasteiger partial charge in [-0.3, -0.25) is 4.90 Å². The van der Waals surface area contributed by atoms with E-state index in [9.17, 15) is 0 Å². The Hall–Kier alpha value is -0.0800. The quantitative estimate of drug-likeness (QED) is 0.820. The fourth-order valence-electron chi connectivity index (χ4n) is 3.90. The first kappa shape index (κ1) is 15.3. The molecule has 1 atom stereocenters. The molecule has 0 amide bonds. The minimum absolute atomic E-state index is 0.219. The Morgan fingerprint density at radius 1 is 1.16 bits per heavy atom. The van der Waals surface area contributed by atoms with Gasteiger partial charge in [-0.1, -0.05) is 33.1 Å². The summed E-state index contributed by atoms with van der Waals surface area (Å²) in [7, 11) is 2.33. The SMILES string of the molecule is CN(C1CCC(C)(C)CC1)C(C)(CN)CC1CCC1. The summed E-state index contributed by atoms with van der Waals surface area (Å²) in [5, 5.41) is 0. The smallest absolute Gasteiger partial charge is 0.0306 e. The zero-order chi connectivity index (χ0) is 14.1. The Bertz CT molecular complexity index is 286. The standard InChI is InChI=1S/C17H34N2/c1-16(2)10-8-15(9-11-16)19(4)17(3,13-18)12-14-6-5-7-14/h14-15H,5-13,18H2,1-4H3. The second-order valence-electron chi connectivity index (χ2n) is 8.21. The van der Waals surface area contributed by atoms with Crippen molar-refractivity contribution in [2.45, 2.75) is 83.7 Å². The summed E-state index contributed by atoms with van der Waals surface area (Å²) < 4.78 is 0. The van der Waals surface area contributed by atoms with Crippen LogP contribution in [-0.2, 0) is 0 Å². The van der Waals surface area contributed by atoms with Crippen molar-refractivity contribution < 1.29 is 0 Å². The van der Waals surface area contributed by atoms with Crippen molar-refractivity contribution in [1.29, 1.82) is 0 Å². The molecule has 19 heavy (non-hydrogen) atoms. The first-order valence-electron chi connectivity index (χ1n) is 8.29. The largest absolute Gasteiger partial charge is 0.329 e.